The summed E-state index contributed by atoms with van der Waals surface area (Å²) in [6.45, 7) is 4.66. The van der Waals surface area contributed by atoms with Crippen molar-refractivity contribution in [1.29, 1.82) is 0 Å². The quantitative estimate of drug-likeness (QED) is 0.204. The largest absolute Gasteiger partial charge is 0.493 e. The fourth-order valence-corrected chi connectivity index (χ4v) is 5.37. The number of hydrogen-bond donors (Lipinski definition) is 0. The number of nitrogens with zero attached hydrogens (tertiary/aromatic N) is 2. The second kappa shape index (κ2) is 12.2. The number of carbonyl (C=O) groups excluding carboxylic acids is 1. The van der Waals surface area contributed by atoms with Crippen LogP contribution in [-0.2, 0) is 17.8 Å². The Kier molecular flexibility index (Phi) is 8.50. The van der Waals surface area contributed by atoms with Crippen LogP contribution in [0.2, 0.25) is 5.02 Å². The van der Waals surface area contributed by atoms with Gasteiger partial charge in [-0.2, -0.15) is 0 Å². The first-order chi connectivity index (χ1) is 19.8. The van der Waals surface area contributed by atoms with Gasteiger partial charge in [-0.05, 0) is 96.3 Å². The average Bonchev–Trinajstić information content (AvgIpc) is 2.97. The zero-order chi connectivity index (χ0) is 29.1. The maximum absolute atomic E-state index is 13.8. The number of fused-ring (bicyclic) bond motifs is 1. The van der Waals surface area contributed by atoms with Gasteiger partial charge in [-0.1, -0.05) is 42.8 Å². The van der Waals surface area contributed by atoms with Gasteiger partial charge in [-0.3, -0.25) is 4.79 Å². The van der Waals surface area contributed by atoms with Gasteiger partial charge in [0.15, 0.2) is 11.5 Å². The van der Waals surface area contributed by atoms with Crippen LogP contribution in [-0.4, -0.2) is 26.2 Å². The molecule has 5 nitrogen and oxygen atoms in total. The maximum Gasteiger partial charge on any atom is 0.232 e. The first-order valence-electron chi connectivity index (χ1n) is 13.8. The van der Waals surface area contributed by atoms with Crippen molar-refractivity contribution in [1.82, 2.24) is 0 Å². The molecule has 0 saturated carbocycles. The summed E-state index contributed by atoms with van der Waals surface area (Å²) in [7, 11) is 3.58. The smallest absolute Gasteiger partial charge is 0.232 e. The molecule has 0 aromatic heterocycles. The Labute approximate surface area is 246 Å². The number of ether oxygens (including phenoxy) is 2. The van der Waals surface area contributed by atoms with E-state index in [2.05, 4.69) is 6.92 Å². The van der Waals surface area contributed by atoms with E-state index < -0.39 is 0 Å². The molecule has 1 aliphatic heterocycles. The lowest BCUT2D eigenvalue weighted by Gasteiger charge is -2.38. The molecule has 1 heterocycles. The lowest BCUT2D eigenvalue weighted by molar-refractivity contribution is -0.118. The Balaban J connectivity index is 1.53. The minimum atomic E-state index is -0.385. The SMILES string of the molecule is CCC(C)Oc1cc2c(cc1OC)CC(=O)N(c1ccc(N(C)Cc3cccc(F)c3)cc1)C2c1ccc(Cl)cc1. The third-order valence-electron chi connectivity index (χ3n) is 7.55. The lowest BCUT2D eigenvalue weighted by Crippen LogP contribution is -2.41. The van der Waals surface area contributed by atoms with Crippen molar-refractivity contribution in [3.63, 3.8) is 0 Å². The molecule has 0 radical (unpaired) electrons. The maximum atomic E-state index is 13.8. The first-order valence-corrected chi connectivity index (χ1v) is 14.2. The van der Waals surface area contributed by atoms with Gasteiger partial charge < -0.3 is 19.3 Å². The first kappa shape index (κ1) is 28.5. The number of methoxy groups -OCH3 is 1. The van der Waals surface area contributed by atoms with Crippen molar-refractivity contribution in [2.24, 2.45) is 0 Å². The molecule has 0 aliphatic carbocycles. The summed E-state index contributed by atoms with van der Waals surface area (Å²) in [4.78, 5) is 17.7. The molecule has 0 saturated heterocycles. The number of halogens is 2. The van der Waals surface area contributed by atoms with E-state index in [0.29, 0.717) is 23.1 Å². The highest BCUT2D eigenvalue weighted by atomic mass is 35.5. The van der Waals surface area contributed by atoms with Crippen LogP contribution >= 0.6 is 11.6 Å². The molecule has 1 aliphatic rings. The van der Waals surface area contributed by atoms with E-state index in [1.165, 1.54) is 6.07 Å². The van der Waals surface area contributed by atoms with Crippen molar-refractivity contribution in [2.75, 3.05) is 24.0 Å². The molecule has 2 atom stereocenters. The van der Waals surface area contributed by atoms with E-state index in [1.54, 1.807) is 19.2 Å². The second-order valence-corrected chi connectivity index (χ2v) is 10.9. The summed E-state index contributed by atoms with van der Waals surface area (Å²) in [5, 5.41) is 0.629. The summed E-state index contributed by atoms with van der Waals surface area (Å²) < 4.78 is 25.6. The van der Waals surface area contributed by atoms with Crippen LogP contribution in [0.15, 0.2) is 84.9 Å². The van der Waals surface area contributed by atoms with Crippen LogP contribution < -0.4 is 19.3 Å². The summed E-state index contributed by atoms with van der Waals surface area (Å²) in [6, 6.07) is 25.7. The number of hydrogen-bond acceptors (Lipinski definition) is 4. The molecule has 5 rings (SSSR count). The van der Waals surface area contributed by atoms with Crippen LogP contribution in [0.5, 0.6) is 11.5 Å². The fraction of sp³-hybridized carbons (Fsp3) is 0.265. The van der Waals surface area contributed by atoms with Crippen LogP contribution in [0.25, 0.3) is 0 Å². The molecule has 4 aromatic rings. The zero-order valence-electron chi connectivity index (χ0n) is 23.7. The molecular formula is C34H34ClFN2O3. The van der Waals surface area contributed by atoms with E-state index in [0.717, 1.165) is 40.0 Å². The molecule has 41 heavy (non-hydrogen) atoms. The Morgan fingerprint density at radius 2 is 1.76 bits per heavy atom. The van der Waals surface area contributed by atoms with Gasteiger partial charge in [0.05, 0.1) is 25.7 Å². The Bertz CT molecular complexity index is 1520. The predicted octanol–water partition coefficient (Wildman–Crippen LogP) is 7.98. The molecule has 0 spiro atoms. The summed E-state index contributed by atoms with van der Waals surface area (Å²) >= 11 is 6.24. The molecule has 212 valence electrons. The number of rotatable bonds is 9. The highest BCUT2D eigenvalue weighted by Gasteiger charge is 2.36. The van der Waals surface area contributed by atoms with Crippen molar-refractivity contribution in [3.8, 4) is 11.5 Å². The predicted molar refractivity (Wildman–Crippen MR) is 163 cm³/mol. The summed E-state index contributed by atoms with van der Waals surface area (Å²) in [5.74, 6) is 1.00. The van der Waals surface area contributed by atoms with E-state index in [-0.39, 0.29) is 30.3 Å². The molecule has 0 N–H and O–H groups in total. The zero-order valence-corrected chi connectivity index (χ0v) is 24.5. The Hall–Kier alpha value is -4.03. The van der Waals surface area contributed by atoms with Crippen molar-refractivity contribution < 1.29 is 18.7 Å². The van der Waals surface area contributed by atoms with Crippen molar-refractivity contribution in [2.45, 2.75) is 45.4 Å². The fourth-order valence-electron chi connectivity index (χ4n) is 5.24. The Morgan fingerprint density at radius 3 is 2.41 bits per heavy atom. The monoisotopic (exact) mass is 572 g/mol. The Morgan fingerprint density at radius 1 is 1.02 bits per heavy atom. The standard InChI is InChI=1S/C34H34ClFN2O3/c1-5-22(2)41-32-20-30-25(18-31(32)40-4)19-33(39)38(34(30)24-9-11-26(35)12-10-24)29-15-13-28(14-16-29)37(3)21-23-7-6-8-27(36)17-23/h6-18,20,22,34H,5,19,21H2,1-4H3. The van der Waals surface area contributed by atoms with Crippen LogP contribution in [0, 0.1) is 5.82 Å². The second-order valence-electron chi connectivity index (χ2n) is 10.4. The van der Waals surface area contributed by atoms with Gasteiger partial charge in [0.25, 0.3) is 0 Å². The number of benzene rings is 4. The van der Waals surface area contributed by atoms with Gasteiger partial charge in [0, 0.05) is 30.0 Å². The number of amides is 1. The molecular weight excluding hydrogens is 539 g/mol. The van der Waals surface area contributed by atoms with Gasteiger partial charge >= 0.3 is 0 Å². The van der Waals surface area contributed by atoms with Crippen molar-refractivity contribution in [3.05, 3.63) is 118 Å². The van der Waals surface area contributed by atoms with E-state index >= 15 is 0 Å². The van der Waals surface area contributed by atoms with Gasteiger partial charge in [-0.15, -0.1) is 0 Å². The highest BCUT2D eigenvalue weighted by molar-refractivity contribution is 6.30. The molecule has 0 bridgehead atoms. The van der Waals surface area contributed by atoms with Crippen LogP contribution in [0.4, 0.5) is 15.8 Å². The molecule has 2 unspecified atom stereocenters. The minimum absolute atomic E-state index is 0.00849. The van der Waals surface area contributed by atoms with Crippen LogP contribution in [0.1, 0.15) is 48.6 Å². The minimum Gasteiger partial charge on any atom is -0.493 e. The summed E-state index contributed by atoms with van der Waals surface area (Å²) in [6.07, 6.45) is 1.10. The molecule has 7 heteroatoms. The van der Waals surface area contributed by atoms with E-state index in [4.69, 9.17) is 21.1 Å². The molecule has 0 fully saturated rings. The van der Waals surface area contributed by atoms with Gasteiger partial charge in [0.1, 0.15) is 5.82 Å². The normalized spacial score (nSPS) is 15.3. The molecule has 1 amide bonds. The third-order valence-corrected chi connectivity index (χ3v) is 7.81. The topological polar surface area (TPSA) is 42.0 Å². The average molecular weight is 573 g/mol. The van der Waals surface area contributed by atoms with Crippen molar-refractivity contribution >= 4 is 28.9 Å². The van der Waals surface area contributed by atoms with E-state index in [9.17, 15) is 9.18 Å². The van der Waals surface area contributed by atoms with Gasteiger partial charge in [0.2, 0.25) is 5.91 Å². The number of anilines is 2. The van der Waals surface area contributed by atoms with Gasteiger partial charge in [-0.25, -0.2) is 4.39 Å². The number of carbonyl (C=O) groups is 1. The summed E-state index contributed by atoms with van der Waals surface area (Å²) in [5.41, 5.74) is 5.46. The molecule has 4 aromatic carbocycles. The third kappa shape index (κ3) is 6.18. The lowest BCUT2D eigenvalue weighted by atomic mass is 9.86. The van der Waals surface area contributed by atoms with Crippen LogP contribution in [0.3, 0.4) is 0 Å². The highest BCUT2D eigenvalue weighted by Crippen LogP contribution is 2.44. The van der Waals surface area contributed by atoms with E-state index in [1.807, 2.05) is 90.5 Å².